The Kier molecular flexibility index (Phi) is 5.25. The summed E-state index contributed by atoms with van der Waals surface area (Å²) in [7, 11) is 4.64. The topological polar surface area (TPSA) is 75.0 Å². The Morgan fingerprint density at radius 1 is 1.07 bits per heavy atom. The van der Waals surface area contributed by atoms with Gasteiger partial charge in [-0.15, -0.1) is 5.10 Å². The van der Waals surface area contributed by atoms with Crippen LogP contribution >= 0.6 is 27.3 Å². The molecule has 9 heteroatoms. The number of ether oxygens (including phenoxy) is 3. The predicted molar refractivity (Wildman–Crippen MR) is 115 cm³/mol. The van der Waals surface area contributed by atoms with Gasteiger partial charge in [-0.3, -0.25) is 4.79 Å². The quantitative estimate of drug-likeness (QED) is 0.443. The minimum atomic E-state index is -0.232. The number of benzene rings is 2. The molecule has 0 saturated carbocycles. The van der Waals surface area contributed by atoms with E-state index in [0.717, 1.165) is 15.6 Å². The molecule has 4 aromatic rings. The van der Waals surface area contributed by atoms with Gasteiger partial charge in [0.05, 0.1) is 25.9 Å². The zero-order valence-corrected chi connectivity index (χ0v) is 18.2. The van der Waals surface area contributed by atoms with Crippen molar-refractivity contribution in [3.63, 3.8) is 0 Å². The van der Waals surface area contributed by atoms with Gasteiger partial charge in [-0.2, -0.15) is 9.50 Å². The highest BCUT2D eigenvalue weighted by Gasteiger charge is 2.15. The maximum atomic E-state index is 12.8. The van der Waals surface area contributed by atoms with Crippen LogP contribution in [0.1, 0.15) is 5.56 Å². The van der Waals surface area contributed by atoms with Crippen molar-refractivity contribution in [3.8, 4) is 28.6 Å². The average Bonchev–Trinajstić information content (AvgIpc) is 3.27. The van der Waals surface area contributed by atoms with Gasteiger partial charge in [-0.1, -0.05) is 39.4 Å². The minimum absolute atomic E-state index is 0.232. The molecule has 148 valence electrons. The first kappa shape index (κ1) is 19.4. The summed E-state index contributed by atoms with van der Waals surface area (Å²) < 4.78 is 18.8. The van der Waals surface area contributed by atoms with Crippen LogP contribution in [0.15, 0.2) is 45.7 Å². The summed E-state index contributed by atoms with van der Waals surface area (Å²) in [5, 5.41) is 4.38. The Morgan fingerprint density at radius 2 is 1.76 bits per heavy atom. The van der Waals surface area contributed by atoms with Crippen LogP contribution in [0.3, 0.4) is 0 Å². The monoisotopic (exact) mass is 473 g/mol. The summed E-state index contributed by atoms with van der Waals surface area (Å²) >= 11 is 4.76. The second-order valence-corrected chi connectivity index (χ2v) is 7.85. The predicted octanol–water partition coefficient (Wildman–Crippen LogP) is 3.15. The van der Waals surface area contributed by atoms with E-state index in [0.29, 0.717) is 32.6 Å². The highest BCUT2D eigenvalue weighted by Crippen LogP contribution is 2.38. The summed E-state index contributed by atoms with van der Waals surface area (Å²) in [6.45, 7) is 0. The van der Waals surface area contributed by atoms with E-state index in [1.54, 1.807) is 39.5 Å². The number of halogens is 1. The van der Waals surface area contributed by atoms with Gasteiger partial charge in [0.25, 0.3) is 5.56 Å². The molecule has 2 heterocycles. The molecule has 29 heavy (non-hydrogen) atoms. The third-order valence-corrected chi connectivity index (χ3v) is 5.93. The van der Waals surface area contributed by atoms with Gasteiger partial charge in [0.2, 0.25) is 10.7 Å². The van der Waals surface area contributed by atoms with Crippen molar-refractivity contribution in [2.75, 3.05) is 21.3 Å². The van der Waals surface area contributed by atoms with Crippen LogP contribution in [0.4, 0.5) is 0 Å². The van der Waals surface area contributed by atoms with Crippen molar-refractivity contribution in [1.29, 1.82) is 0 Å². The zero-order chi connectivity index (χ0) is 20.5. The number of nitrogens with zero attached hydrogens (tertiary/aromatic N) is 3. The molecule has 0 saturated heterocycles. The summed E-state index contributed by atoms with van der Waals surface area (Å²) in [5.41, 5.74) is 1.34. The molecule has 0 spiro atoms. The van der Waals surface area contributed by atoms with Crippen LogP contribution in [0.5, 0.6) is 17.2 Å². The van der Waals surface area contributed by atoms with E-state index in [1.807, 2.05) is 24.3 Å². The molecule has 2 aromatic carbocycles. The summed E-state index contributed by atoms with van der Waals surface area (Å²) in [4.78, 5) is 17.9. The first-order valence-corrected chi connectivity index (χ1v) is 10.1. The Balaban J connectivity index is 1.82. The molecule has 0 aliphatic heterocycles. The van der Waals surface area contributed by atoms with E-state index >= 15 is 0 Å². The molecule has 0 bridgehead atoms. The normalized spacial score (nSPS) is 11.8. The first-order chi connectivity index (χ1) is 14.0. The molecule has 0 radical (unpaired) electrons. The molecule has 7 nitrogen and oxygen atoms in total. The molecule has 0 aliphatic carbocycles. The molecule has 0 unspecified atom stereocenters. The van der Waals surface area contributed by atoms with E-state index in [-0.39, 0.29) is 5.56 Å². The molecule has 4 rings (SSSR count). The summed E-state index contributed by atoms with van der Waals surface area (Å²) in [6.07, 6.45) is 1.76. The molecule has 0 aliphatic rings. The second kappa shape index (κ2) is 7.84. The molecular weight excluding hydrogens is 458 g/mol. The van der Waals surface area contributed by atoms with E-state index in [9.17, 15) is 4.79 Å². The van der Waals surface area contributed by atoms with E-state index < -0.39 is 0 Å². The smallest absolute Gasteiger partial charge is 0.291 e. The van der Waals surface area contributed by atoms with Crippen LogP contribution in [-0.4, -0.2) is 35.9 Å². The van der Waals surface area contributed by atoms with Gasteiger partial charge < -0.3 is 14.2 Å². The van der Waals surface area contributed by atoms with Gasteiger partial charge in [0.15, 0.2) is 17.3 Å². The van der Waals surface area contributed by atoms with E-state index in [4.69, 9.17) is 14.2 Å². The van der Waals surface area contributed by atoms with Crippen molar-refractivity contribution < 1.29 is 14.2 Å². The standard InChI is InChI=1S/C20H16BrN3O4S/c1-26-14-8-11(9-15(27-2)17(14)28-3)10-16-19(25)24-20(29-16)22-18(23-24)12-6-4-5-7-13(12)21/h4-10H,1-3H3/b16-10-. The van der Waals surface area contributed by atoms with Gasteiger partial charge in [-0.25, -0.2) is 0 Å². The SMILES string of the molecule is COc1cc(/C=c2\sc3nc(-c4ccccc4Br)nn3c2=O)cc(OC)c1OC. The number of hydrogen-bond acceptors (Lipinski definition) is 7. The third-order valence-electron chi connectivity index (χ3n) is 4.28. The van der Waals surface area contributed by atoms with Crippen LogP contribution in [0.25, 0.3) is 22.4 Å². The van der Waals surface area contributed by atoms with Crippen LogP contribution in [0.2, 0.25) is 0 Å². The fraction of sp³-hybridized carbons (Fsp3) is 0.150. The molecule has 0 amide bonds. The Hall–Kier alpha value is -2.91. The Bertz CT molecular complexity index is 1290. The second-order valence-electron chi connectivity index (χ2n) is 5.98. The number of fused-ring (bicyclic) bond motifs is 1. The maximum Gasteiger partial charge on any atom is 0.291 e. The minimum Gasteiger partial charge on any atom is -0.493 e. The molecular formula is C20H16BrN3O4S. The van der Waals surface area contributed by atoms with Gasteiger partial charge in [0.1, 0.15) is 0 Å². The van der Waals surface area contributed by atoms with Crippen molar-refractivity contribution >= 4 is 38.3 Å². The van der Waals surface area contributed by atoms with Gasteiger partial charge in [-0.05, 0) is 35.9 Å². The lowest BCUT2D eigenvalue weighted by atomic mass is 10.1. The maximum absolute atomic E-state index is 12.8. The Labute approximate surface area is 178 Å². The fourth-order valence-corrected chi connectivity index (χ4v) is 4.30. The largest absolute Gasteiger partial charge is 0.493 e. The van der Waals surface area contributed by atoms with Crippen molar-refractivity contribution in [3.05, 3.63) is 61.3 Å². The van der Waals surface area contributed by atoms with Crippen LogP contribution < -0.4 is 24.3 Å². The number of methoxy groups -OCH3 is 3. The van der Waals surface area contributed by atoms with E-state index in [1.165, 1.54) is 15.9 Å². The van der Waals surface area contributed by atoms with Crippen molar-refractivity contribution in [1.82, 2.24) is 14.6 Å². The molecule has 0 atom stereocenters. The summed E-state index contributed by atoms with van der Waals surface area (Å²) in [6, 6.07) is 11.2. The zero-order valence-electron chi connectivity index (χ0n) is 15.8. The number of rotatable bonds is 5. The van der Waals surface area contributed by atoms with Gasteiger partial charge >= 0.3 is 0 Å². The number of thiazole rings is 1. The lowest BCUT2D eigenvalue weighted by Crippen LogP contribution is -2.23. The fourth-order valence-electron chi connectivity index (χ4n) is 2.93. The van der Waals surface area contributed by atoms with Crippen molar-refractivity contribution in [2.45, 2.75) is 0 Å². The summed E-state index contributed by atoms with van der Waals surface area (Å²) in [5.74, 6) is 2.03. The van der Waals surface area contributed by atoms with E-state index in [2.05, 4.69) is 26.0 Å². The molecule has 0 N–H and O–H groups in total. The lowest BCUT2D eigenvalue weighted by Gasteiger charge is -2.12. The van der Waals surface area contributed by atoms with Crippen LogP contribution in [-0.2, 0) is 0 Å². The van der Waals surface area contributed by atoms with Gasteiger partial charge in [0, 0.05) is 10.0 Å². The third kappa shape index (κ3) is 3.47. The Morgan fingerprint density at radius 3 is 2.34 bits per heavy atom. The molecule has 2 aromatic heterocycles. The lowest BCUT2D eigenvalue weighted by molar-refractivity contribution is 0.324. The first-order valence-electron chi connectivity index (χ1n) is 8.52. The molecule has 0 fully saturated rings. The highest BCUT2D eigenvalue weighted by molar-refractivity contribution is 9.10. The average molecular weight is 474 g/mol. The number of hydrogen-bond donors (Lipinski definition) is 0. The van der Waals surface area contributed by atoms with Crippen LogP contribution in [0, 0.1) is 0 Å². The highest BCUT2D eigenvalue weighted by atomic mass is 79.9. The number of aromatic nitrogens is 3. The van der Waals surface area contributed by atoms with Crippen molar-refractivity contribution in [2.24, 2.45) is 0 Å².